The number of rotatable bonds is 4. The molecule has 1 fully saturated rings. The molecule has 1 aliphatic carbocycles. The van der Waals surface area contributed by atoms with E-state index in [1.54, 1.807) is 0 Å². The van der Waals surface area contributed by atoms with Gasteiger partial charge in [0.1, 0.15) is 5.54 Å². The quantitative estimate of drug-likeness (QED) is 0.697. The smallest absolute Gasteiger partial charge is 0.323 e. The second-order valence-corrected chi connectivity index (χ2v) is 4.33. The van der Waals surface area contributed by atoms with E-state index in [4.69, 9.17) is 5.11 Å². The van der Waals surface area contributed by atoms with Gasteiger partial charge < -0.3 is 10.4 Å². The van der Waals surface area contributed by atoms with Crippen LogP contribution in [0.5, 0.6) is 0 Å². The summed E-state index contributed by atoms with van der Waals surface area (Å²) in [5, 5.41) is 12.1. The van der Waals surface area contributed by atoms with Gasteiger partial charge in [0.2, 0.25) is 0 Å². The van der Waals surface area contributed by atoms with Gasteiger partial charge in [0.25, 0.3) is 0 Å². The molecule has 2 N–H and O–H groups in total. The van der Waals surface area contributed by atoms with E-state index in [-0.39, 0.29) is 0 Å². The van der Waals surface area contributed by atoms with Crippen molar-refractivity contribution in [3.8, 4) is 0 Å². The monoisotopic (exact) mass is 185 g/mol. The fourth-order valence-electron chi connectivity index (χ4n) is 2.04. The minimum atomic E-state index is -0.689. The van der Waals surface area contributed by atoms with E-state index in [9.17, 15) is 4.79 Å². The molecule has 0 aliphatic heterocycles. The van der Waals surface area contributed by atoms with Crippen molar-refractivity contribution < 1.29 is 9.90 Å². The van der Waals surface area contributed by atoms with Crippen molar-refractivity contribution in [3.05, 3.63) is 0 Å². The summed E-state index contributed by atoms with van der Waals surface area (Å²) in [7, 11) is 0. The average molecular weight is 185 g/mol. The third-order valence-electron chi connectivity index (χ3n) is 3.09. The molecule has 0 atom stereocenters. The molecule has 1 saturated carbocycles. The van der Waals surface area contributed by atoms with Crippen LogP contribution in [0.2, 0.25) is 0 Å². The maximum absolute atomic E-state index is 11.0. The fraction of sp³-hybridized carbons (Fsp3) is 0.900. The summed E-state index contributed by atoms with van der Waals surface area (Å²) in [6.45, 7) is 7.00. The second-order valence-electron chi connectivity index (χ2n) is 4.33. The van der Waals surface area contributed by atoms with Crippen molar-refractivity contribution in [1.82, 2.24) is 5.32 Å². The van der Waals surface area contributed by atoms with Crippen LogP contribution in [0.4, 0.5) is 0 Å². The number of nitrogens with one attached hydrogen (secondary N) is 1. The lowest BCUT2D eigenvalue weighted by Gasteiger charge is -2.46. The largest absolute Gasteiger partial charge is 0.480 e. The Morgan fingerprint density at radius 3 is 2.46 bits per heavy atom. The summed E-state index contributed by atoms with van der Waals surface area (Å²) in [6, 6.07) is 0. The van der Waals surface area contributed by atoms with E-state index < -0.39 is 11.5 Å². The van der Waals surface area contributed by atoms with Crippen molar-refractivity contribution >= 4 is 5.97 Å². The van der Waals surface area contributed by atoms with E-state index in [0.29, 0.717) is 11.8 Å². The number of hydrogen-bond acceptors (Lipinski definition) is 2. The molecule has 13 heavy (non-hydrogen) atoms. The molecule has 0 unspecified atom stereocenters. The Morgan fingerprint density at radius 1 is 1.62 bits per heavy atom. The molecule has 0 radical (unpaired) electrons. The van der Waals surface area contributed by atoms with Crippen molar-refractivity contribution in [3.63, 3.8) is 0 Å². The molecule has 0 aromatic heterocycles. The van der Waals surface area contributed by atoms with E-state index in [0.717, 1.165) is 19.4 Å². The summed E-state index contributed by atoms with van der Waals surface area (Å²) in [5.74, 6) is 0.493. The minimum absolute atomic E-state index is 0.579. The Kier molecular flexibility index (Phi) is 2.96. The Hall–Kier alpha value is -0.570. The zero-order valence-electron chi connectivity index (χ0n) is 8.63. The van der Waals surface area contributed by atoms with Gasteiger partial charge in [-0.1, -0.05) is 20.8 Å². The van der Waals surface area contributed by atoms with Gasteiger partial charge in [0.05, 0.1) is 0 Å². The van der Waals surface area contributed by atoms with Crippen LogP contribution in [0.15, 0.2) is 0 Å². The van der Waals surface area contributed by atoms with Crippen molar-refractivity contribution in [2.75, 3.05) is 6.54 Å². The third kappa shape index (κ3) is 1.85. The average Bonchev–Trinajstić information content (AvgIpc) is 1.94. The Balaban J connectivity index is 2.53. The first-order valence-electron chi connectivity index (χ1n) is 5.00. The van der Waals surface area contributed by atoms with Gasteiger partial charge in [0.15, 0.2) is 0 Å². The van der Waals surface area contributed by atoms with Crippen LogP contribution in [-0.2, 0) is 4.79 Å². The second kappa shape index (κ2) is 3.66. The van der Waals surface area contributed by atoms with Gasteiger partial charge in [0, 0.05) is 0 Å². The van der Waals surface area contributed by atoms with E-state index >= 15 is 0 Å². The van der Waals surface area contributed by atoms with E-state index in [2.05, 4.69) is 19.2 Å². The Labute approximate surface area is 79.5 Å². The van der Waals surface area contributed by atoms with E-state index in [1.807, 2.05) is 6.92 Å². The van der Waals surface area contributed by atoms with Crippen LogP contribution in [0.25, 0.3) is 0 Å². The summed E-state index contributed by atoms with van der Waals surface area (Å²) >= 11 is 0. The molecule has 0 heterocycles. The zero-order valence-corrected chi connectivity index (χ0v) is 8.63. The predicted molar refractivity (Wildman–Crippen MR) is 51.6 cm³/mol. The van der Waals surface area contributed by atoms with Gasteiger partial charge in [-0.05, 0) is 31.2 Å². The number of likely N-dealkylation sites (N-methyl/N-ethyl adjacent to an activating group) is 1. The standard InChI is InChI=1S/C10H19NO2/c1-4-11-10(9(12)13)5-8(6-10)7(2)3/h7-8,11H,4-6H2,1-3H3,(H,12,13). The van der Waals surface area contributed by atoms with Crippen LogP contribution in [0.1, 0.15) is 33.6 Å². The lowest BCUT2D eigenvalue weighted by molar-refractivity contribution is -0.152. The molecule has 0 spiro atoms. The number of carbonyl (C=O) groups is 1. The molecule has 1 rings (SSSR count). The molecule has 0 amide bonds. The van der Waals surface area contributed by atoms with Crippen LogP contribution < -0.4 is 5.32 Å². The molecule has 0 aromatic rings. The topological polar surface area (TPSA) is 49.3 Å². The number of hydrogen-bond donors (Lipinski definition) is 2. The van der Waals surface area contributed by atoms with Gasteiger partial charge in [-0.2, -0.15) is 0 Å². The molecule has 0 aromatic carbocycles. The van der Waals surface area contributed by atoms with Gasteiger partial charge >= 0.3 is 5.97 Å². The Morgan fingerprint density at radius 2 is 2.15 bits per heavy atom. The van der Waals surface area contributed by atoms with Crippen LogP contribution in [0, 0.1) is 11.8 Å². The highest BCUT2D eigenvalue weighted by Gasteiger charge is 2.50. The van der Waals surface area contributed by atoms with Crippen LogP contribution in [-0.4, -0.2) is 23.2 Å². The number of carboxylic acids is 1. The summed E-state index contributed by atoms with van der Waals surface area (Å²) in [5.41, 5.74) is -0.607. The molecular weight excluding hydrogens is 166 g/mol. The zero-order chi connectivity index (χ0) is 10.1. The van der Waals surface area contributed by atoms with Gasteiger partial charge in [-0.15, -0.1) is 0 Å². The number of aliphatic carboxylic acids is 1. The van der Waals surface area contributed by atoms with Crippen molar-refractivity contribution in [1.29, 1.82) is 0 Å². The van der Waals surface area contributed by atoms with Crippen molar-refractivity contribution in [2.45, 2.75) is 39.2 Å². The highest BCUT2D eigenvalue weighted by atomic mass is 16.4. The first-order valence-corrected chi connectivity index (χ1v) is 5.00. The molecule has 0 saturated heterocycles. The molecule has 1 aliphatic rings. The molecular formula is C10H19NO2. The van der Waals surface area contributed by atoms with Gasteiger partial charge in [-0.25, -0.2) is 0 Å². The van der Waals surface area contributed by atoms with Crippen molar-refractivity contribution in [2.24, 2.45) is 11.8 Å². The summed E-state index contributed by atoms with van der Waals surface area (Å²) < 4.78 is 0. The highest BCUT2D eigenvalue weighted by Crippen LogP contribution is 2.42. The molecule has 76 valence electrons. The normalized spacial score (nSPS) is 33.1. The fourth-order valence-corrected chi connectivity index (χ4v) is 2.04. The van der Waals surface area contributed by atoms with E-state index in [1.165, 1.54) is 0 Å². The lowest BCUT2D eigenvalue weighted by atomic mass is 9.64. The first-order chi connectivity index (χ1) is 6.02. The van der Waals surface area contributed by atoms with Crippen LogP contribution in [0.3, 0.4) is 0 Å². The SMILES string of the molecule is CCNC1(C(=O)O)CC(C(C)C)C1. The molecule has 3 nitrogen and oxygen atoms in total. The van der Waals surface area contributed by atoms with Crippen LogP contribution >= 0.6 is 0 Å². The maximum Gasteiger partial charge on any atom is 0.323 e. The lowest BCUT2D eigenvalue weighted by Crippen LogP contribution is -2.61. The highest BCUT2D eigenvalue weighted by molar-refractivity contribution is 5.80. The summed E-state index contributed by atoms with van der Waals surface area (Å²) in [4.78, 5) is 11.0. The third-order valence-corrected chi connectivity index (χ3v) is 3.09. The molecule has 3 heteroatoms. The molecule has 0 bridgehead atoms. The minimum Gasteiger partial charge on any atom is -0.480 e. The Bertz CT molecular complexity index is 195. The number of carboxylic acid groups (broad SMARTS) is 1. The predicted octanol–water partition coefficient (Wildman–Crippen LogP) is 1.49. The summed E-state index contributed by atoms with van der Waals surface area (Å²) in [6.07, 6.45) is 1.57. The van der Waals surface area contributed by atoms with Gasteiger partial charge in [-0.3, -0.25) is 4.79 Å². The first kappa shape index (κ1) is 10.5. The maximum atomic E-state index is 11.0.